The molecule has 1 aliphatic carbocycles. The molecule has 1 saturated carbocycles. The molecular formula is C13H19BrN2O2S. The van der Waals surface area contributed by atoms with Crippen molar-refractivity contribution in [3.8, 4) is 0 Å². The van der Waals surface area contributed by atoms with Crippen molar-refractivity contribution in [2.45, 2.75) is 18.1 Å². The summed E-state index contributed by atoms with van der Waals surface area (Å²) in [5, 5.41) is -0.443. The summed E-state index contributed by atoms with van der Waals surface area (Å²) in [5.74, 6) is 0.0486. The van der Waals surface area contributed by atoms with Gasteiger partial charge in [0.05, 0.1) is 5.25 Å². The average molecular weight is 347 g/mol. The maximum atomic E-state index is 12.2. The molecule has 2 atom stereocenters. The number of benzene rings is 1. The van der Waals surface area contributed by atoms with Crippen LogP contribution in [0.1, 0.15) is 18.4 Å². The molecule has 0 radical (unpaired) electrons. The minimum absolute atomic E-state index is 0.0828. The summed E-state index contributed by atoms with van der Waals surface area (Å²) in [6.45, 7) is 2.27. The van der Waals surface area contributed by atoms with Gasteiger partial charge in [-0.1, -0.05) is 35.0 Å². The first kappa shape index (κ1) is 15.0. The van der Waals surface area contributed by atoms with Crippen LogP contribution in [0.5, 0.6) is 0 Å². The molecule has 19 heavy (non-hydrogen) atoms. The molecule has 0 spiro atoms. The van der Waals surface area contributed by atoms with Crippen LogP contribution in [-0.2, 0) is 9.84 Å². The topological polar surface area (TPSA) is 86.2 Å². The van der Waals surface area contributed by atoms with Gasteiger partial charge in [0.2, 0.25) is 0 Å². The molecule has 2 rings (SSSR count). The van der Waals surface area contributed by atoms with Gasteiger partial charge in [-0.05, 0) is 17.7 Å². The Morgan fingerprint density at radius 3 is 2.16 bits per heavy atom. The summed E-state index contributed by atoms with van der Waals surface area (Å²) in [4.78, 5) is 0. The second kappa shape index (κ2) is 5.16. The fraction of sp³-hybridized carbons (Fsp3) is 0.538. The molecule has 0 saturated heterocycles. The Bertz CT molecular complexity index is 553. The molecular weight excluding hydrogens is 328 g/mol. The third-order valence-electron chi connectivity index (χ3n) is 4.16. The van der Waals surface area contributed by atoms with E-state index in [1.54, 1.807) is 6.92 Å². The van der Waals surface area contributed by atoms with E-state index >= 15 is 0 Å². The lowest BCUT2D eigenvalue weighted by atomic mass is 9.99. The number of halogens is 1. The van der Waals surface area contributed by atoms with Crippen LogP contribution in [0.25, 0.3) is 0 Å². The maximum absolute atomic E-state index is 12.2. The van der Waals surface area contributed by atoms with Crippen LogP contribution < -0.4 is 11.5 Å². The smallest absolute Gasteiger partial charge is 0.154 e. The monoisotopic (exact) mass is 346 g/mol. The Hall–Kier alpha value is -0.430. The van der Waals surface area contributed by atoms with Crippen molar-refractivity contribution in [2.75, 3.05) is 18.8 Å². The van der Waals surface area contributed by atoms with E-state index in [1.807, 2.05) is 24.3 Å². The Morgan fingerprint density at radius 1 is 1.21 bits per heavy atom. The van der Waals surface area contributed by atoms with Crippen LogP contribution >= 0.6 is 15.9 Å². The van der Waals surface area contributed by atoms with Gasteiger partial charge in [0.25, 0.3) is 0 Å². The predicted molar refractivity (Wildman–Crippen MR) is 80.7 cm³/mol. The van der Waals surface area contributed by atoms with E-state index in [9.17, 15) is 8.42 Å². The summed E-state index contributed by atoms with van der Waals surface area (Å²) >= 11 is 3.38. The lowest BCUT2D eigenvalue weighted by molar-refractivity contribution is 0.510. The van der Waals surface area contributed by atoms with Crippen molar-refractivity contribution in [1.82, 2.24) is 0 Å². The lowest BCUT2D eigenvalue weighted by Gasteiger charge is -2.12. The normalized spacial score (nSPS) is 25.3. The van der Waals surface area contributed by atoms with E-state index < -0.39 is 20.5 Å². The summed E-state index contributed by atoms with van der Waals surface area (Å²) in [7, 11) is -3.14. The quantitative estimate of drug-likeness (QED) is 0.840. The van der Waals surface area contributed by atoms with Gasteiger partial charge in [0.1, 0.15) is 0 Å². The van der Waals surface area contributed by atoms with Crippen molar-refractivity contribution in [2.24, 2.45) is 16.9 Å². The van der Waals surface area contributed by atoms with Crippen LogP contribution in [0.15, 0.2) is 28.7 Å². The van der Waals surface area contributed by atoms with Crippen LogP contribution in [0.3, 0.4) is 0 Å². The first-order valence-electron chi connectivity index (χ1n) is 6.30. The molecule has 4 nitrogen and oxygen atoms in total. The van der Waals surface area contributed by atoms with Gasteiger partial charge in [-0.25, -0.2) is 8.42 Å². The highest BCUT2D eigenvalue weighted by atomic mass is 79.9. The third kappa shape index (κ3) is 2.35. The fourth-order valence-electron chi connectivity index (χ4n) is 2.94. The van der Waals surface area contributed by atoms with Gasteiger partial charge in [-0.15, -0.1) is 0 Å². The second-order valence-electron chi connectivity index (χ2n) is 5.04. The molecule has 1 aliphatic rings. The molecule has 0 aliphatic heterocycles. The van der Waals surface area contributed by atoms with E-state index in [1.165, 1.54) is 0 Å². The Kier molecular flexibility index (Phi) is 4.07. The van der Waals surface area contributed by atoms with Gasteiger partial charge in [-0.3, -0.25) is 0 Å². The summed E-state index contributed by atoms with van der Waals surface area (Å²) in [6.07, 6.45) is 0. The van der Waals surface area contributed by atoms with Gasteiger partial charge in [0, 0.05) is 34.6 Å². The van der Waals surface area contributed by atoms with Crippen molar-refractivity contribution in [1.29, 1.82) is 0 Å². The zero-order chi connectivity index (χ0) is 14.3. The molecule has 6 heteroatoms. The zero-order valence-electron chi connectivity index (χ0n) is 10.8. The minimum Gasteiger partial charge on any atom is -0.330 e. The summed E-state index contributed by atoms with van der Waals surface area (Å²) < 4.78 is 25.4. The third-order valence-corrected chi connectivity index (χ3v) is 7.01. The van der Waals surface area contributed by atoms with Crippen molar-refractivity contribution < 1.29 is 8.42 Å². The second-order valence-corrected chi connectivity index (χ2v) is 8.37. The SMILES string of the molecule is CCS(=O)(=O)C1C(c2ccc(Br)cc2)C1(CN)CN. The van der Waals surface area contributed by atoms with Crippen molar-refractivity contribution >= 4 is 25.8 Å². The fourth-order valence-corrected chi connectivity index (χ4v) is 5.39. The molecule has 4 N–H and O–H groups in total. The molecule has 2 unspecified atom stereocenters. The number of rotatable bonds is 5. The molecule has 0 heterocycles. The van der Waals surface area contributed by atoms with E-state index in [2.05, 4.69) is 15.9 Å². The molecule has 0 bridgehead atoms. The number of nitrogens with two attached hydrogens (primary N) is 2. The van der Waals surface area contributed by atoms with E-state index in [-0.39, 0.29) is 11.7 Å². The minimum atomic E-state index is -3.14. The largest absolute Gasteiger partial charge is 0.330 e. The van der Waals surface area contributed by atoms with Crippen LogP contribution in [-0.4, -0.2) is 32.5 Å². The van der Waals surface area contributed by atoms with Crippen LogP contribution in [0.2, 0.25) is 0 Å². The Labute approximate surface area is 122 Å². The highest BCUT2D eigenvalue weighted by Crippen LogP contribution is 2.61. The van der Waals surface area contributed by atoms with E-state index in [0.717, 1.165) is 10.0 Å². The summed E-state index contributed by atoms with van der Waals surface area (Å²) in [5.41, 5.74) is 12.2. The van der Waals surface area contributed by atoms with Gasteiger partial charge >= 0.3 is 0 Å². The first-order chi connectivity index (χ1) is 8.93. The maximum Gasteiger partial charge on any atom is 0.154 e. The van der Waals surface area contributed by atoms with Crippen LogP contribution in [0, 0.1) is 5.41 Å². The average Bonchev–Trinajstić information content (AvgIpc) is 3.10. The first-order valence-corrected chi connectivity index (χ1v) is 8.81. The van der Waals surface area contributed by atoms with Gasteiger partial charge in [-0.2, -0.15) is 0 Å². The van der Waals surface area contributed by atoms with E-state index in [0.29, 0.717) is 13.1 Å². The van der Waals surface area contributed by atoms with Crippen molar-refractivity contribution in [3.05, 3.63) is 34.3 Å². The molecule has 1 fully saturated rings. The highest BCUT2D eigenvalue weighted by Gasteiger charge is 2.68. The molecule has 0 amide bonds. The Morgan fingerprint density at radius 2 is 1.74 bits per heavy atom. The molecule has 1 aromatic rings. The van der Waals surface area contributed by atoms with E-state index in [4.69, 9.17) is 11.5 Å². The molecule has 1 aromatic carbocycles. The van der Waals surface area contributed by atoms with Crippen LogP contribution in [0.4, 0.5) is 0 Å². The molecule has 106 valence electrons. The predicted octanol–water partition coefficient (Wildman–Crippen LogP) is 1.25. The van der Waals surface area contributed by atoms with Gasteiger partial charge in [0.15, 0.2) is 9.84 Å². The Balaban J connectivity index is 2.42. The number of hydrogen-bond donors (Lipinski definition) is 2. The summed E-state index contributed by atoms with van der Waals surface area (Å²) in [6, 6.07) is 7.72. The molecule has 0 aromatic heterocycles. The zero-order valence-corrected chi connectivity index (χ0v) is 13.2. The van der Waals surface area contributed by atoms with Gasteiger partial charge < -0.3 is 11.5 Å². The standard InChI is InChI=1S/C13H19BrN2O2S/c1-2-19(17,18)12-11(13(12,7-15)8-16)9-3-5-10(14)6-4-9/h3-6,11-12H,2,7-8,15-16H2,1H3. The lowest BCUT2D eigenvalue weighted by Crippen LogP contribution is -2.31. The number of hydrogen-bond acceptors (Lipinski definition) is 4. The highest BCUT2D eigenvalue weighted by molar-refractivity contribution is 9.10. The van der Waals surface area contributed by atoms with Crippen molar-refractivity contribution in [3.63, 3.8) is 0 Å². The number of sulfone groups is 1.